The van der Waals surface area contributed by atoms with Gasteiger partial charge in [0.05, 0.1) is 6.54 Å². The average Bonchev–Trinajstić information content (AvgIpc) is 2.49. The average molecular weight is 337 g/mol. The Labute approximate surface area is 139 Å². The van der Waals surface area contributed by atoms with Gasteiger partial charge in [-0.1, -0.05) is 17.7 Å². The molecule has 0 aliphatic carbocycles. The quantitative estimate of drug-likeness (QED) is 0.842. The highest BCUT2D eigenvalue weighted by molar-refractivity contribution is 6.30. The Bertz CT molecular complexity index is 649. The number of amides is 1. The molecule has 0 aliphatic heterocycles. The second kappa shape index (κ2) is 8.50. The summed E-state index contributed by atoms with van der Waals surface area (Å²) in [5.41, 5.74) is 0.445. The molecule has 0 saturated carbocycles. The van der Waals surface area contributed by atoms with Gasteiger partial charge in [0.1, 0.15) is 18.2 Å². The summed E-state index contributed by atoms with van der Waals surface area (Å²) in [6.07, 6.45) is 0. The first kappa shape index (κ1) is 17.2. The summed E-state index contributed by atoms with van der Waals surface area (Å²) in [5, 5.41) is 3.31. The lowest BCUT2D eigenvalue weighted by Gasteiger charge is -2.16. The lowest BCUT2D eigenvalue weighted by molar-refractivity contribution is -0.117. The third-order valence-electron chi connectivity index (χ3n) is 3.08. The number of nitrogens with one attached hydrogen (secondary N) is 1. The summed E-state index contributed by atoms with van der Waals surface area (Å²) < 4.78 is 18.6. The van der Waals surface area contributed by atoms with Crippen molar-refractivity contribution in [3.63, 3.8) is 0 Å². The first-order valence-electron chi connectivity index (χ1n) is 7.15. The lowest BCUT2D eigenvalue weighted by atomic mass is 10.3. The van der Waals surface area contributed by atoms with E-state index in [2.05, 4.69) is 5.32 Å². The molecule has 2 aromatic carbocycles. The number of nitrogens with zero attached hydrogens (tertiary/aromatic N) is 1. The molecule has 1 amide bonds. The summed E-state index contributed by atoms with van der Waals surface area (Å²) in [6.45, 7) is 1.23. The number of ether oxygens (including phenoxy) is 1. The van der Waals surface area contributed by atoms with Gasteiger partial charge in [-0.2, -0.15) is 0 Å². The van der Waals surface area contributed by atoms with E-state index in [1.54, 1.807) is 36.4 Å². The van der Waals surface area contributed by atoms with Crippen LogP contribution in [0.1, 0.15) is 0 Å². The zero-order chi connectivity index (χ0) is 16.7. The van der Waals surface area contributed by atoms with Crippen LogP contribution in [-0.4, -0.2) is 37.6 Å². The molecule has 23 heavy (non-hydrogen) atoms. The van der Waals surface area contributed by atoms with Crippen LogP contribution in [0.2, 0.25) is 5.02 Å². The minimum Gasteiger partial charge on any atom is -0.492 e. The number of hydrogen-bond acceptors (Lipinski definition) is 3. The van der Waals surface area contributed by atoms with Gasteiger partial charge in [-0.3, -0.25) is 9.69 Å². The Morgan fingerprint density at radius 3 is 2.70 bits per heavy atom. The molecule has 0 fully saturated rings. The molecule has 0 aliphatic rings. The first-order chi connectivity index (χ1) is 11.0. The van der Waals surface area contributed by atoms with Crippen LogP contribution in [0.25, 0.3) is 0 Å². The molecular weight excluding hydrogens is 319 g/mol. The minimum atomic E-state index is -0.382. The maximum Gasteiger partial charge on any atom is 0.238 e. The van der Waals surface area contributed by atoms with Gasteiger partial charge < -0.3 is 10.1 Å². The van der Waals surface area contributed by atoms with Gasteiger partial charge in [0.2, 0.25) is 5.91 Å². The minimum absolute atomic E-state index is 0.195. The summed E-state index contributed by atoms with van der Waals surface area (Å²) >= 11 is 5.80. The van der Waals surface area contributed by atoms with E-state index >= 15 is 0 Å². The second-order valence-electron chi connectivity index (χ2n) is 5.10. The molecule has 2 rings (SSSR count). The molecule has 1 N–H and O–H groups in total. The first-order valence-corrected chi connectivity index (χ1v) is 7.53. The van der Waals surface area contributed by atoms with Gasteiger partial charge in [0, 0.05) is 17.3 Å². The fraction of sp³-hybridized carbons (Fsp3) is 0.235. The number of likely N-dealkylation sites (N-methyl/N-ethyl adjacent to an activating group) is 1. The van der Waals surface area contributed by atoms with Gasteiger partial charge >= 0.3 is 0 Å². The van der Waals surface area contributed by atoms with Crippen molar-refractivity contribution in [2.75, 3.05) is 32.1 Å². The van der Waals surface area contributed by atoms with Gasteiger partial charge in [0.25, 0.3) is 0 Å². The molecular formula is C17H18ClFN2O2. The number of carbonyl (C=O) groups excluding carboxylic acids is 1. The fourth-order valence-electron chi connectivity index (χ4n) is 1.94. The third-order valence-corrected chi connectivity index (χ3v) is 3.33. The molecule has 4 nitrogen and oxygen atoms in total. The molecule has 0 saturated heterocycles. The summed E-state index contributed by atoms with van der Waals surface area (Å²) in [6, 6.07) is 12.9. The van der Waals surface area contributed by atoms with Gasteiger partial charge in [-0.05, 0) is 49.5 Å². The Kier molecular flexibility index (Phi) is 6.38. The molecule has 0 unspecified atom stereocenters. The molecule has 6 heteroatoms. The highest BCUT2D eigenvalue weighted by Crippen LogP contribution is 2.15. The standard InChI is InChI=1S/C17H18ClFN2O2/c1-21(9-10-23-16-7-5-13(18)6-8-16)12-17(22)20-15-4-2-3-14(19)11-15/h2-8,11H,9-10,12H2,1H3,(H,20,22). The number of hydrogen-bond donors (Lipinski definition) is 1. The highest BCUT2D eigenvalue weighted by Gasteiger charge is 2.07. The van der Waals surface area contributed by atoms with Crippen molar-refractivity contribution in [3.05, 3.63) is 59.4 Å². The van der Waals surface area contributed by atoms with Crippen molar-refractivity contribution in [3.8, 4) is 5.75 Å². The Morgan fingerprint density at radius 2 is 2.00 bits per heavy atom. The van der Waals surface area contributed by atoms with Crippen molar-refractivity contribution in [1.82, 2.24) is 4.90 Å². The molecule has 0 spiro atoms. The van der Waals surface area contributed by atoms with E-state index in [0.29, 0.717) is 23.9 Å². The van der Waals surface area contributed by atoms with E-state index in [-0.39, 0.29) is 18.3 Å². The molecule has 2 aromatic rings. The van der Waals surface area contributed by atoms with Crippen molar-refractivity contribution >= 4 is 23.2 Å². The molecule has 0 heterocycles. The number of carbonyl (C=O) groups is 1. The van der Waals surface area contributed by atoms with Crippen molar-refractivity contribution in [2.24, 2.45) is 0 Å². The predicted octanol–water partition coefficient (Wildman–Crippen LogP) is 3.43. The Hall–Kier alpha value is -2.11. The molecule has 0 radical (unpaired) electrons. The number of halogens is 2. The van der Waals surface area contributed by atoms with Crippen LogP contribution in [0, 0.1) is 5.82 Å². The van der Waals surface area contributed by atoms with Gasteiger partial charge in [-0.15, -0.1) is 0 Å². The predicted molar refractivity (Wildman–Crippen MR) is 89.5 cm³/mol. The summed E-state index contributed by atoms with van der Waals surface area (Å²) in [7, 11) is 1.82. The van der Waals surface area contributed by atoms with Crippen LogP contribution in [0.4, 0.5) is 10.1 Å². The van der Waals surface area contributed by atoms with E-state index in [9.17, 15) is 9.18 Å². The van der Waals surface area contributed by atoms with Crippen LogP contribution in [-0.2, 0) is 4.79 Å². The number of benzene rings is 2. The van der Waals surface area contributed by atoms with Crippen LogP contribution in [0.15, 0.2) is 48.5 Å². The SMILES string of the molecule is CN(CCOc1ccc(Cl)cc1)CC(=O)Nc1cccc(F)c1. The monoisotopic (exact) mass is 336 g/mol. The third kappa shape index (κ3) is 6.26. The summed E-state index contributed by atoms with van der Waals surface area (Å²) in [5.74, 6) is 0.143. The van der Waals surface area contributed by atoms with Crippen LogP contribution < -0.4 is 10.1 Å². The zero-order valence-electron chi connectivity index (χ0n) is 12.8. The molecule has 0 atom stereocenters. The van der Waals surface area contributed by atoms with E-state index in [0.717, 1.165) is 5.75 Å². The lowest BCUT2D eigenvalue weighted by Crippen LogP contribution is -2.33. The van der Waals surface area contributed by atoms with Crippen molar-refractivity contribution in [2.45, 2.75) is 0 Å². The Balaban J connectivity index is 1.70. The molecule has 122 valence electrons. The maximum atomic E-state index is 13.0. The van der Waals surface area contributed by atoms with Crippen molar-refractivity contribution in [1.29, 1.82) is 0 Å². The van der Waals surface area contributed by atoms with E-state index in [4.69, 9.17) is 16.3 Å². The van der Waals surface area contributed by atoms with Gasteiger partial charge in [0.15, 0.2) is 0 Å². The second-order valence-corrected chi connectivity index (χ2v) is 5.54. The maximum absolute atomic E-state index is 13.0. The summed E-state index contributed by atoms with van der Waals surface area (Å²) in [4.78, 5) is 13.7. The van der Waals surface area contributed by atoms with Crippen LogP contribution >= 0.6 is 11.6 Å². The number of rotatable bonds is 7. The van der Waals surface area contributed by atoms with Crippen molar-refractivity contribution < 1.29 is 13.9 Å². The largest absolute Gasteiger partial charge is 0.492 e. The molecule has 0 aromatic heterocycles. The Morgan fingerprint density at radius 1 is 1.26 bits per heavy atom. The van der Waals surface area contributed by atoms with Crippen LogP contribution in [0.5, 0.6) is 5.75 Å². The normalized spacial score (nSPS) is 10.6. The van der Waals surface area contributed by atoms with E-state index < -0.39 is 0 Å². The van der Waals surface area contributed by atoms with Crippen LogP contribution in [0.3, 0.4) is 0 Å². The topological polar surface area (TPSA) is 41.6 Å². The zero-order valence-corrected chi connectivity index (χ0v) is 13.5. The number of anilines is 1. The van der Waals surface area contributed by atoms with E-state index in [1.165, 1.54) is 12.1 Å². The molecule has 0 bridgehead atoms. The fourth-order valence-corrected chi connectivity index (χ4v) is 2.07. The van der Waals surface area contributed by atoms with E-state index in [1.807, 2.05) is 11.9 Å². The highest BCUT2D eigenvalue weighted by atomic mass is 35.5. The smallest absolute Gasteiger partial charge is 0.238 e. The van der Waals surface area contributed by atoms with Gasteiger partial charge in [-0.25, -0.2) is 4.39 Å².